The van der Waals surface area contributed by atoms with Crippen molar-refractivity contribution < 1.29 is 0 Å². The van der Waals surface area contributed by atoms with Gasteiger partial charge in [0.25, 0.3) is 0 Å². The van der Waals surface area contributed by atoms with Crippen LogP contribution in [0, 0.1) is 48.6 Å². The van der Waals surface area contributed by atoms with Crippen LogP contribution in [0.3, 0.4) is 0 Å². The first-order chi connectivity index (χ1) is 32.5. The molecule has 0 fully saturated rings. The van der Waals surface area contributed by atoms with Gasteiger partial charge in [-0.15, -0.1) is 0 Å². The molecule has 7 rings (SSSR count). The van der Waals surface area contributed by atoms with Crippen molar-refractivity contribution in [3.8, 4) is 44.5 Å². The van der Waals surface area contributed by atoms with E-state index in [4.69, 9.17) is 0 Å². The van der Waals surface area contributed by atoms with Gasteiger partial charge in [0, 0.05) is 0 Å². The Labute approximate surface area is 439 Å². The van der Waals surface area contributed by atoms with Crippen molar-refractivity contribution in [2.75, 3.05) is 0 Å². The lowest BCUT2D eigenvalue weighted by Crippen LogP contribution is -2.22. The smallest absolute Gasteiger partial charge is 0.000730 e. The van der Waals surface area contributed by atoms with Crippen LogP contribution in [0.4, 0.5) is 0 Å². The van der Waals surface area contributed by atoms with E-state index in [-0.39, 0.29) is 43.3 Å². The average Bonchev–Trinajstić information content (AvgIpc) is 3.17. The molecule has 0 nitrogen and oxygen atoms in total. The molecule has 6 aromatic rings. The molecule has 0 heteroatoms. The highest BCUT2D eigenvalue weighted by molar-refractivity contribution is 6.06. The highest BCUT2D eigenvalue weighted by Crippen LogP contribution is 2.57. The van der Waals surface area contributed by atoms with Crippen molar-refractivity contribution in [1.82, 2.24) is 0 Å². The van der Waals surface area contributed by atoms with Crippen molar-refractivity contribution >= 4 is 0 Å². The Kier molecular flexibility index (Phi) is 13.4. The van der Waals surface area contributed by atoms with Crippen LogP contribution in [0.25, 0.3) is 44.5 Å². The molecule has 0 saturated heterocycles. The van der Waals surface area contributed by atoms with Crippen LogP contribution in [0.1, 0.15) is 233 Å². The topological polar surface area (TPSA) is 0 Å². The van der Waals surface area contributed by atoms with Gasteiger partial charge in [-0.05, 0) is 203 Å². The second-order valence-electron chi connectivity index (χ2n) is 30.7. The maximum atomic E-state index is 2.66. The van der Waals surface area contributed by atoms with Crippen molar-refractivity contribution in [2.24, 2.45) is 0 Å². The van der Waals surface area contributed by atoms with Gasteiger partial charge >= 0.3 is 0 Å². The highest BCUT2D eigenvalue weighted by atomic mass is 14.4. The highest BCUT2D eigenvalue weighted by Gasteiger charge is 2.38. The number of hydrogen-bond donors (Lipinski definition) is 0. The molecule has 6 aromatic carbocycles. The van der Waals surface area contributed by atoms with Gasteiger partial charge in [-0.1, -0.05) is 239 Å². The van der Waals surface area contributed by atoms with Gasteiger partial charge in [0.1, 0.15) is 0 Å². The molecule has 0 radical (unpaired) electrons. The van der Waals surface area contributed by atoms with E-state index in [0.29, 0.717) is 0 Å². The predicted octanol–water partition coefficient (Wildman–Crippen LogP) is 20.9. The summed E-state index contributed by atoms with van der Waals surface area (Å²) in [5.74, 6) is 0. The Morgan fingerprint density at radius 1 is 0.236 bits per heavy atom. The van der Waals surface area contributed by atoms with E-state index in [1.807, 2.05) is 0 Å². The summed E-state index contributed by atoms with van der Waals surface area (Å²) in [5.41, 5.74) is 26.6. The fraction of sp³-hybridized carbons (Fsp3) is 0.500. The van der Waals surface area contributed by atoms with Gasteiger partial charge in [-0.3, -0.25) is 0 Å². The number of rotatable bonds is 4. The van der Waals surface area contributed by atoms with Gasteiger partial charge in [-0.25, -0.2) is 0 Å². The zero-order valence-electron chi connectivity index (χ0n) is 50.9. The number of benzene rings is 6. The average molecular weight is 962 g/mol. The molecule has 0 spiro atoms. The molecule has 384 valence electrons. The zero-order chi connectivity index (χ0) is 54.3. The van der Waals surface area contributed by atoms with Crippen molar-refractivity contribution in [1.29, 1.82) is 0 Å². The normalized spacial score (nSPS) is 13.8. The SMILES string of the molecule is Cc1cc(C(C)(C)C)cc(-c2c(-c3cc(C(C)(C)C)cc(C)c3C(C)(C)C)c(-c3cc(C(C)(C)C)cc(C)c3C(C)(C)C)c3c(c2-c2cc(C(C)(C)C)cc(C)c2C(C)(C)C)=c2ccccc2=3)c1C(C)(C)C. The Morgan fingerprint density at radius 3 is 0.611 bits per heavy atom. The lowest BCUT2D eigenvalue weighted by Gasteiger charge is -2.37. The summed E-state index contributed by atoms with van der Waals surface area (Å²) >= 11 is 0. The van der Waals surface area contributed by atoms with E-state index >= 15 is 0 Å². The molecule has 72 heavy (non-hydrogen) atoms. The Morgan fingerprint density at radius 2 is 0.431 bits per heavy atom. The maximum Gasteiger partial charge on any atom is -0.000730 e. The van der Waals surface area contributed by atoms with E-state index < -0.39 is 0 Å². The number of hydrogen-bond acceptors (Lipinski definition) is 0. The summed E-state index contributed by atoms with van der Waals surface area (Å²) < 4.78 is 0. The predicted molar refractivity (Wildman–Crippen MR) is 319 cm³/mol. The molecule has 0 aliphatic heterocycles. The van der Waals surface area contributed by atoms with E-state index in [9.17, 15) is 0 Å². The van der Waals surface area contributed by atoms with Crippen LogP contribution in [0.15, 0.2) is 72.8 Å². The molecule has 1 aliphatic rings. The minimum Gasteiger partial charge on any atom is -0.0616 e. The quantitative estimate of drug-likeness (QED) is 0.165. The van der Waals surface area contributed by atoms with E-state index in [1.54, 1.807) is 0 Å². The van der Waals surface area contributed by atoms with E-state index in [2.05, 4.69) is 267 Å². The van der Waals surface area contributed by atoms with Crippen molar-refractivity contribution in [3.05, 3.63) is 160 Å². The van der Waals surface area contributed by atoms with E-state index in [0.717, 1.165) is 0 Å². The third kappa shape index (κ3) is 9.77. The molecule has 0 aromatic heterocycles. The lowest BCUT2D eigenvalue weighted by atomic mass is 9.66. The largest absolute Gasteiger partial charge is 0.0616 e. The fourth-order valence-corrected chi connectivity index (χ4v) is 12.9. The minimum absolute atomic E-state index is 0.0761. The Hall–Kier alpha value is -4.68. The summed E-state index contributed by atoms with van der Waals surface area (Å²) in [4.78, 5) is 0. The van der Waals surface area contributed by atoms with Gasteiger partial charge in [0.05, 0.1) is 0 Å². The van der Waals surface area contributed by atoms with Crippen LogP contribution in [0.2, 0.25) is 0 Å². The van der Waals surface area contributed by atoms with Gasteiger partial charge < -0.3 is 0 Å². The first-order valence-electron chi connectivity index (χ1n) is 27.4. The molecule has 0 unspecified atom stereocenters. The monoisotopic (exact) mass is 961 g/mol. The minimum atomic E-state index is -0.184. The van der Waals surface area contributed by atoms with Crippen molar-refractivity contribution in [3.63, 3.8) is 0 Å². The first kappa shape index (κ1) is 55.1. The summed E-state index contributed by atoms with van der Waals surface area (Å²) in [6, 6.07) is 30.1. The van der Waals surface area contributed by atoms with Crippen LogP contribution in [-0.4, -0.2) is 0 Å². The van der Waals surface area contributed by atoms with E-state index in [1.165, 1.54) is 132 Å². The second kappa shape index (κ2) is 17.5. The van der Waals surface area contributed by atoms with Gasteiger partial charge in [0.15, 0.2) is 0 Å². The Bertz CT molecular complexity index is 3130. The van der Waals surface area contributed by atoms with Crippen LogP contribution >= 0.6 is 0 Å². The molecule has 1 aliphatic carbocycles. The lowest BCUT2D eigenvalue weighted by molar-refractivity contribution is 0.573. The summed E-state index contributed by atoms with van der Waals surface area (Å²) in [7, 11) is 0. The molecule has 0 bridgehead atoms. The van der Waals surface area contributed by atoms with Crippen LogP contribution in [-0.2, 0) is 43.3 Å². The summed E-state index contributed by atoms with van der Waals surface area (Å²) in [6.45, 7) is 67.8. The fourth-order valence-electron chi connectivity index (χ4n) is 12.9. The summed E-state index contributed by atoms with van der Waals surface area (Å²) in [6.07, 6.45) is 0. The molecule has 0 N–H and O–H groups in total. The van der Waals surface area contributed by atoms with Crippen LogP contribution in [0.5, 0.6) is 0 Å². The number of fused-ring (bicyclic) bond motifs is 2. The molecule has 0 amide bonds. The number of aryl methyl sites for hydroxylation is 4. The Balaban J connectivity index is 2.10. The zero-order valence-corrected chi connectivity index (χ0v) is 50.9. The third-order valence-electron chi connectivity index (χ3n) is 15.8. The standard InChI is InChI=1S/C72H96/c1-41-33-45(65(5,6)7)37-51(61(41)69(17,18)19)57-55-49-31-29-30-32-50(49)56(55)58(52-38-46(66(8,9)10)34-42(2)62(52)70(20,21)22)60(54-40-48(68(14,15)16)36-44(4)64(54)72(26,27)28)59(57)53-39-47(67(11,12)13)35-43(3)63(53)71(23,24)25/h29-40H,1-28H3. The van der Waals surface area contributed by atoms with Gasteiger partial charge in [-0.2, -0.15) is 0 Å². The third-order valence-corrected chi connectivity index (χ3v) is 15.8. The van der Waals surface area contributed by atoms with Crippen LogP contribution < -0.4 is 0 Å². The molecule has 0 atom stereocenters. The molecule has 0 saturated carbocycles. The maximum absolute atomic E-state index is 2.66. The summed E-state index contributed by atoms with van der Waals surface area (Å²) in [5, 5.41) is 5.50. The molecular formula is C72H96. The molecular weight excluding hydrogens is 865 g/mol. The van der Waals surface area contributed by atoms with Gasteiger partial charge in [0.2, 0.25) is 0 Å². The second-order valence-corrected chi connectivity index (χ2v) is 30.7. The van der Waals surface area contributed by atoms with Crippen molar-refractivity contribution in [2.45, 2.75) is 237 Å². The molecule has 0 heterocycles. The first-order valence-corrected chi connectivity index (χ1v) is 27.4.